The zero-order chi connectivity index (χ0) is 33.8. The molecule has 2 amide bonds. The number of hydrogen-bond donors (Lipinski definition) is 2. The standard InChI is InChI=1S/C43H36N2O4/c1-29-11-23-35(24-12-29)48-27-41(46)44-33-19-15-31(16-20-33)43(39-9-5-3-7-37(39)38-8-4-6-10-40(38)43)32-17-21-34(22-18-32)45-42(47)28-49-36-25-13-30(2)14-26-36/h3-26H,27-28H2,1-2H3,(H,44,46)(H,45,47). The van der Waals surface area contributed by atoms with Gasteiger partial charge in [-0.3, -0.25) is 9.59 Å². The fourth-order valence-electron chi connectivity index (χ4n) is 6.59. The van der Waals surface area contributed by atoms with Crippen LogP contribution in [0.4, 0.5) is 11.4 Å². The Morgan fingerprint density at radius 2 is 0.857 bits per heavy atom. The molecule has 6 aromatic rings. The lowest BCUT2D eigenvalue weighted by molar-refractivity contribution is -0.118. The summed E-state index contributed by atoms with van der Waals surface area (Å²) in [5, 5.41) is 5.93. The summed E-state index contributed by atoms with van der Waals surface area (Å²) in [4.78, 5) is 25.5. The maximum absolute atomic E-state index is 12.8. The fourth-order valence-corrected chi connectivity index (χ4v) is 6.59. The number of hydrogen-bond acceptors (Lipinski definition) is 4. The molecular formula is C43H36N2O4. The molecule has 0 radical (unpaired) electrons. The zero-order valence-electron chi connectivity index (χ0n) is 27.4. The second-order valence-electron chi connectivity index (χ2n) is 12.3. The van der Waals surface area contributed by atoms with E-state index in [-0.39, 0.29) is 25.0 Å². The summed E-state index contributed by atoms with van der Waals surface area (Å²) < 4.78 is 11.4. The van der Waals surface area contributed by atoms with Crippen LogP contribution in [0.5, 0.6) is 11.5 Å². The Morgan fingerprint density at radius 3 is 1.24 bits per heavy atom. The molecule has 49 heavy (non-hydrogen) atoms. The highest BCUT2D eigenvalue weighted by atomic mass is 16.5. The number of nitrogens with one attached hydrogen (secondary N) is 2. The van der Waals surface area contributed by atoms with Crippen LogP contribution in [0.3, 0.4) is 0 Å². The Bertz CT molecular complexity index is 1950. The molecule has 0 fully saturated rings. The van der Waals surface area contributed by atoms with E-state index in [0.717, 1.165) is 22.3 Å². The van der Waals surface area contributed by atoms with Gasteiger partial charge in [-0.15, -0.1) is 0 Å². The third-order valence-electron chi connectivity index (χ3n) is 8.94. The van der Waals surface area contributed by atoms with E-state index >= 15 is 0 Å². The zero-order valence-corrected chi connectivity index (χ0v) is 27.4. The van der Waals surface area contributed by atoms with Gasteiger partial charge in [0.1, 0.15) is 11.5 Å². The number of aryl methyl sites for hydroxylation is 2. The molecular weight excluding hydrogens is 608 g/mol. The third kappa shape index (κ3) is 6.41. The largest absolute Gasteiger partial charge is 0.484 e. The van der Waals surface area contributed by atoms with Crippen molar-refractivity contribution >= 4 is 23.2 Å². The van der Waals surface area contributed by atoms with Gasteiger partial charge in [0.2, 0.25) is 0 Å². The molecule has 0 bridgehead atoms. The van der Waals surface area contributed by atoms with Crippen molar-refractivity contribution in [1.29, 1.82) is 0 Å². The van der Waals surface area contributed by atoms with Crippen molar-refractivity contribution in [2.24, 2.45) is 0 Å². The highest BCUT2D eigenvalue weighted by Crippen LogP contribution is 2.56. The van der Waals surface area contributed by atoms with Crippen molar-refractivity contribution in [2.75, 3.05) is 23.8 Å². The summed E-state index contributed by atoms with van der Waals surface area (Å²) >= 11 is 0. The monoisotopic (exact) mass is 644 g/mol. The Balaban J connectivity index is 1.15. The Labute approximate surface area is 286 Å². The average Bonchev–Trinajstić information content (AvgIpc) is 3.43. The van der Waals surface area contributed by atoms with Crippen molar-refractivity contribution in [1.82, 2.24) is 0 Å². The molecule has 6 nitrogen and oxygen atoms in total. The molecule has 6 heteroatoms. The van der Waals surface area contributed by atoms with Crippen molar-refractivity contribution in [3.63, 3.8) is 0 Å². The van der Waals surface area contributed by atoms with Crippen molar-refractivity contribution in [3.05, 3.63) is 179 Å². The predicted octanol–water partition coefficient (Wildman–Crippen LogP) is 8.70. The SMILES string of the molecule is Cc1ccc(OCC(=O)Nc2ccc(C3(c4ccc(NC(=O)COc5ccc(C)cc5)cc4)c4ccccc4-c4ccccc43)cc2)cc1. The molecule has 7 rings (SSSR count). The van der Waals surface area contributed by atoms with Gasteiger partial charge >= 0.3 is 0 Å². The van der Waals surface area contributed by atoms with E-state index < -0.39 is 5.41 Å². The van der Waals surface area contributed by atoms with Crippen LogP contribution >= 0.6 is 0 Å². The summed E-state index contributed by atoms with van der Waals surface area (Å²) in [6.07, 6.45) is 0. The molecule has 0 saturated heterocycles. The minimum atomic E-state index is -0.624. The minimum Gasteiger partial charge on any atom is -0.484 e. The van der Waals surface area contributed by atoms with Gasteiger partial charge in [0.15, 0.2) is 13.2 Å². The lowest BCUT2D eigenvalue weighted by Crippen LogP contribution is -2.28. The molecule has 0 aliphatic heterocycles. The van der Waals surface area contributed by atoms with Crippen LogP contribution in [0, 0.1) is 13.8 Å². The van der Waals surface area contributed by atoms with E-state index in [1.807, 2.05) is 86.6 Å². The van der Waals surface area contributed by atoms with Crippen molar-refractivity contribution in [3.8, 4) is 22.6 Å². The minimum absolute atomic E-state index is 0.0868. The summed E-state index contributed by atoms with van der Waals surface area (Å²) in [5.41, 5.74) is 9.80. The summed E-state index contributed by atoms with van der Waals surface area (Å²) in [6.45, 7) is 3.84. The van der Waals surface area contributed by atoms with Crippen LogP contribution < -0.4 is 20.1 Å². The summed E-state index contributed by atoms with van der Waals surface area (Å²) in [7, 11) is 0. The van der Waals surface area contributed by atoms with Gasteiger partial charge < -0.3 is 20.1 Å². The quantitative estimate of drug-likeness (QED) is 0.156. The smallest absolute Gasteiger partial charge is 0.262 e. The number of fused-ring (bicyclic) bond motifs is 3. The fraction of sp³-hybridized carbons (Fsp3) is 0.116. The molecule has 242 valence electrons. The molecule has 0 atom stereocenters. The lowest BCUT2D eigenvalue weighted by atomic mass is 9.67. The van der Waals surface area contributed by atoms with Gasteiger partial charge in [-0.1, -0.05) is 108 Å². The van der Waals surface area contributed by atoms with Crippen LogP contribution in [-0.2, 0) is 15.0 Å². The number of rotatable bonds is 10. The molecule has 1 aliphatic rings. The van der Waals surface area contributed by atoms with E-state index in [4.69, 9.17) is 9.47 Å². The predicted molar refractivity (Wildman–Crippen MR) is 194 cm³/mol. The summed E-state index contributed by atoms with van der Waals surface area (Å²) in [6, 6.07) is 48.3. The van der Waals surface area contributed by atoms with Crippen LogP contribution in [0.1, 0.15) is 33.4 Å². The molecule has 0 heterocycles. The molecule has 0 aromatic heterocycles. The molecule has 0 unspecified atom stereocenters. The number of anilines is 2. The molecule has 0 saturated carbocycles. The average molecular weight is 645 g/mol. The van der Waals surface area contributed by atoms with E-state index in [2.05, 4.69) is 83.4 Å². The van der Waals surface area contributed by atoms with Crippen LogP contribution in [0.2, 0.25) is 0 Å². The summed E-state index contributed by atoms with van der Waals surface area (Å²) in [5.74, 6) is 0.832. The van der Waals surface area contributed by atoms with Crippen LogP contribution in [0.25, 0.3) is 11.1 Å². The van der Waals surface area contributed by atoms with Crippen molar-refractivity contribution in [2.45, 2.75) is 19.3 Å². The highest BCUT2D eigenvalue weighted by molar-refractivity contribution is 5.93. The van der Waals surface area contributed by atoms with E-state index in [1.54, 1.807) is 0 Å². The van der Waals surface area contributed by atoms with Gasteiger partial charge in [0.05, 0.1) is 5.41 Å². The van der Waals surface area contributed by atoms with Gasteiger partial charge in [0, 0.05) is 11.4 Å². The molecule has 1 aliphatic carbocycles. The maximum Gasteiger partial charge on any atom is 0.262 e. The second kappa shape index (κ2) is 13.5. The lowest BCUT2D eigenvalue weighted by Gasteiger charge is -2.34. The number of benzene rings is 6. The van der Waals surface area contributed by atoms with Crippen LogP contribution in [-0.4, -0.2) is 25.0 Å². The van der Waals surface area contributed by atoms with Crippen LogP contribution in [0.15, 0.2) is 146 Å². The third-order valence-corrected chi connectivity index (χ3v) is 8.94. The first kappa shape index (κ1) is 31.5. The Morgan fingerprint density at radius 1 is 0.490 bits per heavy atom. The number of ether oxygens (including phenoxy) is 2. The normalized spacial score (nSPS) is 12.4. The molecule has 6 aromatic carbocycles. The number of carbonyl (C=O) groups is 2. The van der Waals surface area contributed by atoms with Gasteiger partial charge in [-0.05, 0) is 95.8 Å². The first-order chi connectivity index (χ1) is 23.9. The first-order valence-electron chi connectivity index (χ1n) is 16.3. The van der Waals surface area contributed by atoms with Crippen molar-refractivity contribution < 1.29 is 19.1 Å². The van der Waals surface area contributed by atoms with Gasteiger partial charge in [0.25, 0.3) is 11.8 Å². The molecule has 2 N–H and O–H groups in total. The van der Waals surface area contributed by atoms with Gasteiger partial charge in [-0.2, -0.15) is 0 Å². The van der Waals surface area contributed by atoms with E-state index in [0.29, 0.717) is 22.9 Å². The maximum atomic E-state index is 12.8. The first-order valence-corrected chi connectivity index (χ1v) is 16.3. The van der Waals surface area contributed by atoms with E-state index in [1.165, 1.54) is 22.3 Å². The molecule has 0 spiro atoms. The topological polar surface area (TPSA) is 76.7 Å². The Kier molecular flexibility index (Phi) is 8.69. The number of carbonyl (C=O) groups excluding carboxylic acids is 2. The second-order valence-corrected chi connectivity index (χ2v) is 12.3. The highest BCUT2D eigenvalue weighted by Gasteiger charge is 2.45. The Hall–Kier alpha value is -6.14. The number of amides is 2. The van der Waals surface area contributed by atoms with E-state index in [9.17, 15) is 9.59 Å². The van der Waals surface area contributed by atoms with Gasteiger partial charge in [-0.25, -0.2) is 0 Å².